The molecule has 0 radical (unpaired) electrons. The summed E-state index contributed by atoms with van der Waals surface area (Å²) in [5.41, 5.74) is 1.72. The van der Waals surface area contributed by atoms with Crippen LogP contribution >= 0.6 is 11.3 Å². The fraction of sp³-hybridized carbons (Fsp3) is 0.714. The Balaban J connectivity index is 1.63. The minimum Gasteiger partial charge on any atom is -0.306 e. The van der Waals surface area contributed by atoms with Crippen LogP contribution in [0.3, 0.4) is 0 Å². The van der Waals surface area contributed by atoms with E-state index >= 15 is 0 Å². The lowest BCUT2D eigenvalue weighted by atomic mass is 9.83. The summed E-state index contributed by atoms with van der Waals surface area (Å²) in [6.45, 7) is 14.0. The molecule has 1 aromatic rings. The van der Waals surface area contributed by atoms with Crippen molar-refractivity contribution < 1.29 is 0 Å². The standard InChI is InChI=1S/C21H35N3S/c1-20(2)11-17(12-21(3,4)22-20)19-8-7-18(25-19)15-24(6)14-16-9-10-23(5)13-16/h7-8,11,16,22H,9-10,12-15H2,1-6H3. The molecule has 3 nitrogen and oxygen atoms in total. The van der Waals surface area contributed by atoms with Crippen molar-refractivity contribution in [2.24, 2.45) is 5.92 Å². The van der Waals surface area contributed by atoms with E-state index in [0.717, 1.165) is 18.9 Å². The normalized spacial score (nSPS) is 26.2. The molecule has 4 heteroatoms. The van der Waals surface area contributed by atoms with Crippen LogP contribution in [0, 0.1) is 5.92 Å². The highest BCUT2D eigenvalue weighted by molar-refractivity contribution is 7.13. The van der Waals surface area contributed by atoms with Gasteiger partial charge in [0.2, 0.25) is 0 Å². The molecule has 1 fully saturated rings. The number of nitrogens with one attached hydrogen (secondary N) is 1. The summed E-state index contributed by atoms with van der Waals surface area (Å²) < 4.78 is 0. The Morgan fingerprint density at radius 3 is 2.68 bits per heavy atom. The molecule has 1 unspecified atom stereocenters. The van der Waals surface area contributed by atoms with Crippen LogP contribution < -0.4 is 5.32 Å². The van der Waals surface area contributed by atoms with E-state index in [9.17, 15) is 0 Å². The first kappa shape index (κ1) is 19.1. The van der Waals surface area contributed by atoms with Gasteiger partial charge < -0.3 is 15.1 Å². The molecular formula is C21H35N3S. The zero-order chi connectivity index (χ0) is 18.2. The molecule has 3 rings (SSSR count). The van der Waals surface area contributed by atoms with E-state index in [2.05, 4.69) is 75.1 Å². The number of nitrogens with zero attached hydrogens (tertiary/aromatic N) is 2. The van der Waals surface area contributed by atoms with Gasteiger partial charge in [-0.1, -0.05) is 6.08 Å². The van der Waals surface area contributed by atoms with Crippen LogP contribution in [0.15, 0.2) is 18.2 Å². The van der Waals surface area contributed by atoms with Gasteiger partial charge in [0.1, 0.15) is 0 Å². The Morgan fingerprint density at radius 2 is 2.04 bits per heavy atom. The van der Waals surface area contributed by atoms with E-state index in [1.807, 2.05) is 11.3 Å². The predicted molar refractivity (Wildman–Crippen MR) is 110 cm³/mol. The largest absolute Gasteiger partial charge is 0.306 e. The first-order valence-electron chi connectivity index (χ1n) is 9.59. The van der Waals surface area contributed by atoms with Crippen LogP contribution in [0.4, 0.5) is 0 Å². The third-order valence-corrected chi connectivity index (χ3v) is 6.44. The molecule has 1 atom stereocenters. The minimum absolute atomic E-state index is 0.0620. The first-order chi connectivity index (χ1) is 11.6. The SMILES string of the molecule is CN1CCC(CN(C)Cc2ccc(C3=CC(C)(C)NC(C)(C)C3)s2)C1. The molecule has 0 aliphatic carbocycles. The maximum atomic E-state index is 3.73. The van der Waals surface area contributed by atoms with Crippen LogP contribution in [0.2, 0.25) is 0 Å². The molecule has 1 aromatic heterocycles. The van der Waals surface area contributed by atoms with Gasteiger partial charge in [0.15, 0.2) is 0 Å². The van der Waals surface area contributed by atoms with Crippen LogP contribution in [0.25, 0.3) is 5.57 Å². The fourth-order valence-corrected chi connectivity index (χ4v) is 5.76. The highest BCUT2D eigenvalue weighted by atomic mass is 32.1. The average molecular weight is 362 g/mol. The van der Waals surface area contributed by atoms with E-state index in [4.69, 9.17) is 0 Å². The van der Waals surface area contributed by atoms with E-state index in [0.29, 0.717) is 0 Å². The average Bonchev–Trinajstić information content (AvgIpc) is 3.04. The summed E-state index contributed by atoms with van der Waals surface area (Å²) in [7, 11) is 4.51. The predicted octanol–water partition coefficient (Wildman–Crippen LogP) is 4.07. The minimum atomic E-state index is 0.0620. The molecule has 0 spiro atoms. The summed E-state index contributed by atoms with van der Waals surface area (Å²) >= 11 is 1.98. The van der Waals surface area contributed by atoms with Crippen molar-refractivity contribution in [3.63, 3.8) is 0 Å². The summed E-state index contributed by atoms with van der Waals surface area (Å²) in [4.78, 5) is 7.89. The summed E-state index contributed by atoms with van der Waals surface area (Å²) in [6.07, 6.45) is 4.87. The van der Waals surface area contributed by atoms with E-state index in [-0.39, 0.29) is 11.1 Å². The van der Waals surface area contributed by atoms with Gasteiger partial charge in [-0.15, -0.1) is 11.3 Å². The molecule has 140 valence electrons. The van der Waals surface area contributed by atoms with Gasteiger partial charge in [-0.05, 0) is 84.8 Å². The Labute approximate surface area is 158 Å². The third kappa shape index (κ3) is 5.16. The molecular weight excluding hydrogens is 326 g/mol. The lowest BCUT2D eigenvalue weighted by Crippen LogP contribution is -2.53. The summed E-state index contributed by atoms with van der Waals surface area (Å²) in [5.74, 6) is 0.836. The van der Waals surface area contributed by atoms with Crippen LogP contribution in [0.5, 0.6) is 0 Å². The summed E-state index contributed by atoms with van der Waals surface area (Å²) in [5, 5.41) is 3.73. The Morgan fingerprint density at radius 1 is 1.28 bits per heavy atom. The summed E-state index contributed by atoms with van der Waals surface area (Å²) in [6, 6.07) is 4.67. The van der Waals surface area contributed by atoms with Gasteiger partial charge in [-0.2, -0.15) is 0 Å². The lowest BCUT2D eigenvalue weighted by Gasteiger charge is -2.41. The van der Waals surface area contributed by atoms with Crippen molar-refractivity contribution in [3.8, 4) is 0 Å². The first-order valence-corrected chi connectivity index (χ1v) is 10.4. The lowest BCUT2D eigenvalue weighted by molar-refractivity contribution is 0.269. The Bertz CT molecular complexity index is 629. The van der Waals surface area contributed by atoms with Gasteiger partial charge in [-0.25, -0.2) is 0 Å². The highest BCUT2D eigenvalue weighted by Crippen LogP contribution is 2.36. The van der Waals surface area contributed by atoms with Crippen molar-refractivity contribution in [2.75, 3.05) is 33.7 Å². The molecule has 1 N–H and O–H groups in total. The molecule has 1 saturated heterocycles. The number of thiophene rings is 1. The van der Waals surface area contributed by atoms with Gasteiger partial charge in [-0.3, -0.25) is 0 Å². The molecule has 0 saturated carbocycles. The Hall–Kier alpha value is -0.680. The number of hydrogen-bond acceptors (Lipinski definition) is 4. The zero-order valence-electron chi connectivity index (χ0n) is 16.9. The van der Waals surface area contributed by atoms with Gasteiger partial charge in [0, 0.05) is 40.5 Å². The number of likely N-dealkylation sites (tertiary alicyclic amines) is 1. The van der Waals surface area contributed by atoms with Crippen molar-refractivity contribution in [1.29, 1.82) is 0 Å². The quantitative estimate of drug-likeness (QED) is 0.853. The maximum absolute atomic E-state index is 3.73. The highest BCUT2D eigenvalue weighted by Gasteiger charge is 2.32. The molecule has 25 heavy (non-hydrogen) atoms. The third-order valence-electron chi connectivity index (χ3n) is 5.29. The fourth-order valence-electron chi connectivity index (χ4n) is 4.66. The second kappa shape index (κ2) is 7.15. The molecule has 3 heterocycles. The van der Waals surface area contributed by atoms with Gasteiger partial charge in [0.25, 0.3) is 0 Å². The topological polar surface area (TPSA) is 18.5 Å². The van der Waals surface area contributed by atoms with Crippen LogP contribution in [-0.2, 0) is 6.54 Å². The number of hydrogen-bond donors (Lipinski definition) is 1. The second-order valence-electron chi connectivity index (χ2n) is 9.46. The molecule has 2 aliphatic rings. The molecule has 0 aromatic carbocycles. The zero-order valence-corrected chi connectivity index (χ0v) is 17.7. The smallest absolute Gasteiger partial charge is 0.0325 e. The van der Waals surface area contributed by atoms with Crippen molar-refractivity contribution in [2.45, 2.75) is 58.2 Å². The maximum Gasteiger partial charge on any atom is 0.0325 e. The molecule has 0 bridgehead atoms. The van der Waals surface area contributed by atoms with E-state index < -0.39 is 0 Å². The molecule has 2 aliphatic heterocycles. The van der Waals surface area contributed by atoms with Crippen molar-refractivity contribution >= 4 is 16.9 Å². The van der Waals surface area contributed by atoms with E-state index in [1.54, 1.807) is 0 Å². The second-order valence-corrected chi connectivity index (χ2v) is 10.6. The van der Waals surface area contributed by atoms with Gasteiger partial charge in [0.05, 0.1) is 0 Å². The van der Waals surface area contributed by atoms with Crippen molar-refractivity contribution in [3.05, 3.63) is 28.0 Å². The van der Waals surface area contributed by atoms with Crippen LogP contribution in [0.1, 0.15) is 50.3 Å². The van der Waals surface area contributed by atoms with E-state index in [1.165, 1.54) is 41.4 Å². The van der Waals surface area contributed by atoms with Crippen LogP contribution in [-0.4, -0.2) is 54.6 Å². The number of rotatable bonds is 5. The van der Waals surface area contributed by atoms with Crippen molar-refractivity contribution in [1.82, 2.24) is 15.1 Å². The Kier molecular flexibility index (Phi) is 5.46. The monoisotopic (exact) mass is 361 g/mol. The van der Waals surface area contributed by atoms with Gasteiger partial charge >= 0.3 is 0 Å². The molecule has 0 amide bonds.